The van der Waals surface area contributed by atoms with Gasteiger partial charge in [0.05, 0.1) is 25.9 Å². The van der Waals surface area contributed by atoms with Crippen LogP contribution in [0.25, 0.3) is 0 Å². The molecule has 0 aromatic carbocycles. The van der Waals surface area contributed by atoms with Crippen molar-refractivity contribution in [1.82, 2.24) is 19.1 Å². The molecule has 106 valence electrons. The van der Waals surface area contributed by atoms with E-state index in [1.807, 2.05) is 28.5 Å². The Labute approximate surface area is 114 Å². The third-order valence-electron chi connectivity index (χ3n) is 2.37. The lowest BCUT2D eigenvalue weighted by Crippen LogP contribution is -2.03. The van der Waals surface area contributed by atoms with Crippen LogP contribution in [0.4, 0.5) is 0 Å². The van der Waals surface area contributed by atoms with Gasteiger partial charge in [0.15, 0.2) is 0 Å². The van der Waals surface area contributed by atoms with Gasteiger partial charge in [-0.25, -0.2) is 9.97 Å². The Hall–Kier alpha value is -1.66. The second-order valence-corrected chi connectivity index (χ2v) is 3.79. The topological polar surface area (TPSA) is 54.1 Å². The van der Waals surface area contributed by atoms with Crippen molar-refractivity contribution >= 4 is 0 Å². The molecule has 0 N–H and O–H groups in total. The number of rotatable bonds is 7. The van der Waals surface area contributed by atoms with E-state index in [-0.39, 0.29) is 0 Å². The van der Waals surface area contributed by atoms with Gasteiger partial charge in [-0.2, -0.15) is 0 Å². The van der Waals surface area contributed by atoms with Gasteiger partial charge < -0.3 is 18.6 Å². The zero-order chi connectivity index (χ0) is 13.8. The van der Waals surface area contributed by atoms with Crippen LogP contribution in [-0.4, -0.2) is 46.0 Å². The molecule has 0 fully saturated rings. The first kappa shape index (κ1) is 15.4. The highest BCUT2D eigenvalue weighted by atomic mass is 16.5. The van der Waals surface area contributed by atoms with Crippen molar-refractivity contribution in [2.75, 3.05) is 26.9 Å². The Kier molecular flexibility index (Phi) is 8.33. The van der Waals surface area contributed by atoms with Crippen molar-refractivity contribution in [2.45, 2.75) is 20.0 Å². The summed E-state index contributed by atoms with van der Waals surface area (Å²) < 4.78 is 14.0. The third-order valence-corrected chi connectivity index (χ3v) is 2.37. The fourth-order valence-electron chi connectivity index (χ4n) is 1.35. The summed E-state index contributed by atoms with van der Waals surface area (Å²) in [5.74, 6) is 0. The molecule has 0 aliphatic rings. The molecular weight excluding hydrogens is 244 g/mol. The van der Waals surface area contributed by atoms with Gasteiger partial charge in [-0.3, -0.25) is 0 Å². The molecule has 0 aliphatic carbocycles. The van der Waals surface area contributed by atoms with Crippen molar-refractivity contribution in [3.63, 3.8) is 0 Å². The van der Waals surface area contributed by atoms with Crippen molar-refractivity contribution in [3.8, 4) is 0 Å². The van der Waals surface area contributed by atoms with E-state index >= 15 is 0 Å². The number of methoxy groups -OCH3 is 1. The minimum atomic E-state index is 0.746. The number of hydrogen-bond donors (Lipinski definition) is 0. The summed E-state index contributed by atoms with van der Waals surface area (Å²) in [7, 11) is 1.69. The zero-order valence-corrected chi connectivity index (χ0v) is 11.6. The normalized spacial score (nSPS) is 10.0. The predicted octanol–water partition coefficient (Wildman–Crippen LogP) is 1.45. The lowest BCUT2D eigenvalue weighted by molar-refractivity contribution is 0.139. The van der Waals surface area contributed by atoms with E-state index in [1.165, 1.54) is 0 Å². The summed E-state index contributed by atoms with van der Waals surface area (Å²) >= 11 is 0. The fourth-order valence-corrected chi connectivity index (χ4v) is 1.35. The summed E-state index contributed by atoms with van der Waals surface area (Å²) in [6, 6.07) is 0. The van der Waals surface area contributed by atoms with Gasteiger partial charge in [0.25, 0.3) is 0 Å². The van der Waals surface area contributed by atoms with E-state index < -0.39 is 0 Å². The predicted molar refractivity (Wildman–Crippen MR) is 72.8 cm³/mol. The van der Waals surface area contributed by atoms with Gasteiger partial charge in [0.1, 0.15) is 0 Å². The van der Waals surface area contributed by atoms with Crippen molar-refractivity contribution in [1.29, 1.82) is 0 Å². The zero-order valence-electron chi connectivity index (χ0n) is 11.6. The number of hydrogen-bond acceptors (Lipinski definition) is 4. The van der Waals surface area contributed by atoms with Gasteiger partial charge in [-0.15, -0.1) is 0 Å². The number of nitrogens with zero attached hydrogens (tertiary/aromatic N) is 4. The van der Waals surface area contributed by atoms with Crippen LogP contribution in [0.15, 0.2) is 37.4 Å². The molecule has 0 spiro atoms. The van der Waals surface area contributed by atoms with Crippen LogP contribution in [0.3, 0.4) is 0 Å². The highest BCUT2D eigenvalue weighted by Gasteiger charge is 1.87. The highest BCUT2D eigenvalue weighted by Crippen LogP contribution is 1.85. The SMILES string of the molecule is CCOCCn1ccnc1.COCCn1ccnc1. The van der Waals surface area contributed by atoms with Gasteiger partial charge in [-0.1, -0.05) is 0 Å². The van der Waals surface area contributed by atoms with Crippen LogP contribution in [0.5, 0.6) is 0 Å². The first-order valence-corrected chi connectivity index (χ1v) is 6.35. The maximum absolute atomic E-state index is 5.16. The van der Waals surface area contributed by atoms with Crippen LogP contribution in [0.2, 0.25) is 0 Å². The van der Waals surface area contributed by atoms with Gasteiger partial charge in [0, 0.05) is 51.6 Å². The summed E-state index contributed by atoms with van der Waals surface area (Å²) in [6.07, 6.45) is 10.9. The summed E-state index contributed by atoms with van der Waals surface area (Å²) in [4.78, 5) is 7.79. The number of aromatic nitrogens is 4. The summed E-state index contributed by atoms with van der Waals surface area (Å²) in [5.41, 5.74) is 0. The van der Waals surface area contributed by atoms with Crippen LogP contribution in [0, 0.1) is 0 Å². The second kappa shape index (κ2) is 10.3. The lowest BCUT2D eigenvalue weighted by Gasteiger charge is -2.00. The Bertz CT molecular complexity index is 387. The molecule has 6 heteroatoms. The average molecular weight is 266 g/mol. The fraction of sp³-hybridized carbons (Fsp3) is 0.538. The van der Waals surface area contributed by atoms with E-state index in [4.69, 9.17) is 9.47 Å². The van der Waals surface area contributed by atoms with Crippen LogP contribution < -0.4 is 0 Å². The average Bonchev–Trinajstić information content (AvgIpc) is 3.11. The molecule has 2 aromatic heterocycles. The molecule has 6 nitrogen and oxygen atoms in total. The van der Waals surface area contributed by atoms with Gasteiger partial charge >= 0.3 is 0 Å². The van der Waals surface area contributed by atoms with E-state index in [9.17, 15) is 0 Å². The Morgan fingerprint density at radius 1 is 0.947 bits per heavy atom. The molecule has 0 unspecified atom stereocenters. The highest BCUT2D eigenvalue weighted by molar-refractivity contribution is 4.73. The number of imidazole rings is 2. The first-order chi connectivity index (χ1) is 9.36. The van der Waals surface area contributed by atoms with Crippen LogP contribution in [0.1, 0.15) is 6.92 Å². The maximum atomic E-state index is 5.16. The minimum Gasteiger partial charge on any atom is -0.383 e. The van der Waals surface area contributed by atoms with Gasteiger partial charge in [0.2, 0.25) is 0 Å². The molecule has 0 saturated heterocycles. The largest absolute Gasteiger partial charge is 0.383 e. The molecule has 0 aliphatic heterocycles. The van der Waals surface area contributed by atoms with E-state index in [2.05, 4.69) is 9.97 Å². The van der Waals surface area contributed by atoms with Crippen molar-refractivity contribution in [2.24, 2.45) is 0 Å². The second-order valence-electron chi connectivity index (χ2n) is 3.79. The van der Waals surface area contributed by atoms with E-state index in [0.717, 1.165) is 32.9 Å². The standard InChI is InChI=1S/C7H12N2O.C6H10N2O/c1-2-10-6-5-9-4-3-8-7-9;1-9-5-4-8-3-2-7-6-8/h3-4,7H,2,5-6H2,1H3;2-3,6H,4-5H2,1H3. The smallest absolute Gasteiger partial charge is 0.0946 e. The van der Waals surface area contributed by atoms with Gasteiger partial charge in [-0.05, 0) is 6.92 Å². The Morgan fingerprint density at radius 2 is 1.53 bits per heavy atom. The molecule has 0 saturated carbocycles. The molecule has 19 heavy (non-hydrogen) atoms. The Morgan fingerprint density at radius 3 is 1.95 bits per heavy atom. The maximum Gasteiger partial charge on any atom is 0.0946 e. The Balaban J connectivity index is 0.000000191. The van der Waals surface area contributed by atoms with Crippen LogP contribution >= 0.6 is 0 Å². The molecule has 0 atom stereocenters. The monoisotopic (exact) mass is 266 g/mol. The van der Waals surface area contributed by atoms with E-state index in [0.29, 0.717) is 0 Å². The minimum absolute atomic E-state index is 0.746. The molecular formula is C13H22N4O2. The van der Waals surface area contributed by atoms with Crippen LogP contribution in [-0.2, 0) is 22.6 Å². The quantitative estimate of drug-likeness (QED) is 0.712. The third kappa shape index (κ3) is 7.38. The van der Waals surface area contributed by atoms with Crippen molar-refractivity contribution in [3.05, 3.63) is 37.4 Å². The molecule has 0 amide bonds. The number of ether oxygens (including phenoxy) is 2. The molecule has 2 aromatic rings. The molecule has 2 heterocycles. The molecule has 2 rings (SSSR count). The van der Waals surface area contributed by atoms with Crippen molar-refractivity contribution < 1.29 is 9.47 Å². The summed E-state index contributed by atoms with van der Waals surface area (Å²) in [5, 5.41) is 0. The molecule has 0 bridgehead atoms. The molecule has 0 radical (unpaired) electrons. The lowest BCUT2D eigenvalue weighted by atomic mass is 10.6. The first-order valence-electron chi connectivity index (χ1n) is 6.35. The van der Waals surface area contributed by atoms with E-state index in [1.54, 1.807) is 32.2 Å². The summed E-state index contributed by atoms with van der Waals surface area (Å²) in [6.45, 7) is 6.08.